The fraction of sp³-hybridized carbons (Fsp3) is 0.458. The summed E-state index contributed by atoms with van der Waals surface area (Å²) in [7, 11) is 1.64. The molecule has 0 unspecified atom stereocenters. The molecular weight excluding hydrogens is 406 g/mol. The first-order valence-electron chi connectivity index (χ1n) is 11.0. The van der Waals surface area contributed by atoms with Gasteiger partial charge in [-0.25, -0.2) is 0 Å². The molecule has 1 aromatic heterocycles. The molecule has 0 spiro atoms. The number of nitrogens with one attached hydrogen (secondary N) is 1. The number of ketones is 1. The molecule has 2 aromatic rings. The van der Waals surface area contributed by atoms with Gasteiger partial charge in [0.1, 0.15) is 17.4 Å². The fourth-order valence-corrected chi connectivity index (χ4v) is 4.96. The van der Waals surface area contributed by atoms with Crippen molar-refractivity contribution in [3.8, 4) is 5.75 Å². The van der Waals surface area contributed by atoms with Gasteiger partial charge in [0, 0.05) is 42.3 Å². The van der Waals surface area contributed by atoms with Crippen LogP contribution in [0, 0.1) is 5.41 Å². The van der Waals surface area contributed by atoms with Crippen molar-refractivity contribution >= 4 is 23.4 Å². The average molecular weight is 436 g/mol. The lowest BCUT2D eigenvalue weighted by Gasteiger charge is -2.39. The minimum atomic E-state index is -0.311. The predicted molar refractivity (Wildman–Crippen MR) is 123 cm³/mol. The third-order valence-corrected chi connectivity index (χ3v) is 6.47. The number of hydrogen-bond donors (Lipinski definition) is 2. The van der Waals surface area contributed by atoms with Crippen LogP contribution in [0.5, 0.6) is 5.75 Å². The Kier molecular flexibility index (Phi) is 5.04. The maximum atomic E-state index is 13.4. The van der Waals surface area contributed by atoms with Gasteiger partial charge in [-0.05, 0) is 29.5 Å². The number of nitrogens with two attached hydrogens (primary N) is 1. The number of hydrogen-bond acceptors (Lipinski definition) is 8. The van der Waals surface area contributed by atoms with Crippen molar-refractivity contribution in [3.05, 3.63) is 46.7 Å². The zero-order valence-corrected chi connectivity index (χ0v) is 18.8. The highest BCUT2D eigenvalue weighted by atomic mass is 16.5. The van der Waals surface area contributed by atoms with E-state index in [9.17, 15) is 4.79 Å². The van der Waals surface area contributed by atoms with E-state index in [0.717, 1.165) is 47.7 Å². The van der Waals surface area contributed by atoms with Crippen LogP contribution in [0.3, 0.4) is 0 Å². The molecule has 0 radical (unpaired) electrons. The molecule has 1 atom stereocenters. The normalized spacial score (nSPS) is 22.2. The number of anilines is 3. The largest absolute Gasteiger partial charge is 0.497 e. The van der Waals surface area contributed by atoms with Crippen LogP contribution in [0.25, 0.3) is 0 Å². The van der Waals surface area contributed by atoms with Crippen LogP contribution < -0.4 is 20.7 Å². The first-order chi connectivity index (χ1) is 15.4. The van der Waals surface area contributed by atoms with E-state index in [1.54, 1.807) is 7.11 Å². The molecule has 3 heterocycles. The summed E-state index contributed by atoms with van der Waals surface area (Å²) in [5, 5.41) is 3.47. The highest BCUT2D eigenvalue weighted by Crippen LogP contribution is 2.50. The maximum Gasteiger partial charge on any atom is 0.229 e. The Bertz CT molecular complexity index is 1090. The summed E-state index contributed by atoms with van der Waals surface area (Å²) in [5.74, 6) is 2.27. The van der Waals surface area contributed by atoms with Crippen molar-refractivity contribution in [2.45, 2.75) is 32.6 Å². The molecule has 3 aliphatic rings. The molecule has 5 rings (SSSR count). The maximum absolute atomic E-state index is 13.4. The molecule has 8 nitrogen and oxygen atoms in total. The first kappa shape index (κ1) is 20.8. The van der Waals surface area contributed by atoms with Gasteiger partial charge < -0.3 is 25.4 Å². The van der Waals surface area contributed by atoms with E-state index >= 15 is 0 Å². The van der Waals surface area contributed by atoms with Gasteiger partial charge in [0.25, 0.3) is 0 Å². The Morgan fingerprint density at radius 3 is 2.56 bits per heavy atom. The Hall–Kier alpha value is -3.13. The number of allylic oxidation sites excluding steroid dienone is 2. The van der Waals surface area contributed by atoms with Crippen molar-refractivity contribution in [2.24, 2.45) is 5.41 Å². The van der Waals surface area contributed by atoms with Gasteiger partial charge in [0.15, 0.2) is 5.78 Å². The van der Waals surface area contributed by atoms with E-state index in [2.05, 4.69) is 29.0 Å². The van der Waals surface area contributed by atoms with Gasteiger partial charge in [-0.3, -0.25) is 4.79 Å². The number of morpholine rings is 1. The van der Waals surface area contributed by atoms with Crippen molar-refractivity contribution in [1.82, 2.24) is 9.97 Å². The number of carbonyl (C=O) groups is 1. The quantitative estimate of drug-likeness (QED) is 0.758. The SMILES string of the molecule is COc1ccc([C@H]2C3=C(CC(C)(C)CC3=O)Nc3nc(N4CCOCC4)nc(N)c32)cc1. The van der Waals surface area contributed by atoms with Crippen LogP contribution >= 0.6 is 0 Å². The zero-order chi connectivity index (χ0) is 22.5. The second-order valence-electron chi connectivity index (χ2n) is 9.43. The molecule has 1 fully saturated rings. The molecule has 2 aliphatic heterocycles. The molecule has 0 bridgehead atoms. The Balaban J connectivity index is 1.66. The Labute approximate surface area is 187 Å². The number of nitrogens with zero attached hydrogens (tertiary/aromatic N) is 3. The molecule has 1 aliphatic carbocycles. The highest BCUT2D eigenvalue weighted by molar-refractivity contribution is 6.02. The highest BCUT2D eigenvalue weighted by Gasteiger charge is 2.42. The van der Waals surface area contributed by atoms with Crippen molar-refractivity contribution in [3.63, 3.8) is 0 Å². The predicted octanol–water partition coefficient (Wildman–Crippen LogP) is 3.10. The van der Waals surface area contributed by atoms with Gasteiger partial charge in [-0.1, -0.05) is 26.0 Å². The molecule has 3 N–H and O–H groups in total. The lowest BCUT2D eigenvalue weighted by Crippen LogP contribution is -2.38. The van der Waals surface area contributed by atoms with Gasteiger partial charge in [0.2, 0.25) is 5.95 Å². The summed E-state index contributed by atoms with van der Waals surface area (Å²) in [6.45, 7) is 6.98. The van der Waals surface area contributed by atoms with Gasteiger partial charge in [-0.15, -0.1) is 0 Å². The third kappa shape index (κ3) is 3.58. The summed E-state index contributed by atoms with van der Waals surface area (Å²) in [6, 6.07) is 7.80. The number of fused-ring (bicyclic) bond motifs is 1. The summed E-state index contributed by atoms with van der Waals surface area (Å²) < 4.78 is 10.8. The van der Waals surface area contributed by atoms with Crippen LogP contribution in [0.15, 0.2) is 35.5 Å². The molecule has 1 saturated heterocycles. The van der Waals surface area contributed by atoms with E-state index < -0.39 is 0 Å². The molecule has 1 aromatic carbocycles. The Morgan fingerprint density at radius 2 is 1.88 bits per heavy atom. The minimum Gasteiger partial charge on any atom is -0.497 e. The smallest absolute Gasteiger partial charge is 0.229 e. The second-order valence-corrected chi connectivity index (χ2v) is 9.43. The average Bonchev–Trinajstić information content (AvgIpc) is 2.77. The number of nitrogen functional groups attached to an aromatic ring is 1. The zero-order valence-electron chi connectivity index (χ0n) is 18.8. The van der Waals surface area contributed by atoms with Crippen LogP contribution in [0.2, 0.25) is 0 Å². The third-order valence-electron chi connectivity index (χ3n) is 6.47. The van der Waals surface area contributed by atoms with E-state index in [-0.39, 0.29) is 17.1 Å². The van der Waals surface area contributed by atoms with Crippen molar-refractivity contribution in [1.29, 1.82) is 0 Å². The van der Waals surface area contributed by atoms with E-state index in [0.29, 0.717) is 37.2 Å². The molecule has 168 valence electrons. The summed E-state index contributed by atoms with van der Waals surface area (Å²) in [5.41, 5.74) is 9.88. The fourth-order valence-electron chi connectivity index (χ4n) is 4.96. The van der Waals surface area contributed by atoms with Crippen molar-refractivity contribution < 1.29 is 14.3 Å². The second kappa shape index (κ2) is 7.78. The molecule has 8 heteroatoms. The first-order valence-corrected chi connectivity index (χ1v) is 11.0. The van der Waals surface area contributed by atoms with Gasteiger partial charge in [0.05, 0.1) is 20.3 Å². The van der Waals surface area contributed by atoms with Crippen LogP contribution in [-0.2, 0) is 9.53 Å². The number of rotatable bonds is 3. The number of benzene rings is 1. The summed E-state index contributed by atoms with van der Waals surface area (Å²) in [4.78, 5) is 25.0. The number of ether oxygens (including phenoxy) is 2. The molecule has 0 saturated carbocycles. The van der Waals surface area contributed by atoms with Crippen LogP contribution in [0.4, 0.5) is 17.6 Å². The number of carbonyl (C=O) groups excluding carboxylic acids is 1. The van der Waals surface area contributed by atoms with E-state index in [1.165, 1.54) is 0 Å². The molecule has 32 heavy (non-hydrogen) atoms. The van der Waals surface area contributed by atoms with E-state index in [1.807, 2.05) is 24.3 Å². The number of aromatic nitrogens is 2. The summed E-state index contributed by atoms with van der Waals surface area (Å²) >= 11 is 0. The van der Waals surface area contributed by atoms with Crippen LogP contribution in [-0.4, -0.2) is 49.2 Å². The lowest BCUT2D eigenvalue weighted by molar-refractivity contribution is -0.118. The van der Waals surface area contributed by atoms with Crippen molar-refractivity contribution in [2.75, 3.05) is 49.4 Å². The molecular formula is C24H29N5O3. The Morgan fingerprint density at radius 1 is 1.16 bits per heavy atom. The number of methoxy groups -OCH3 is 1. The summed E-state index contributed by atoms with van der Waals surface area (Å²) in [6.07, 6.45) is 1.28. The number of Topliss-reactive ketones (excluding diaryl/α,β-unsaturated/α-hetero) is 1. The monoisotopic (exact) mass is 435 g/mol. The van der Waals surface area contributed by atoms with E-state index in [4.69, 9.17) is 20.2 Å². The van der Waals surface area contributed by atoms with Gasteiger partial charge in [-0.2, -0.15) is 9.97 Å². The van der Waals surface area contributed by atoms with Gasteiger partial charge >= 0.3 is 0 Å². The standard InChI is InChI=1S/C24H29N5O3/c1-24(2)12-16-19(17(30)13-24)18(14-4-6-15(31-3)7-5-14)20-21(25)27-23(28-22(20)26-16)29-8-10-32-11-9-29/h4-7,18H,8-13H2,1-3H3,(H3,25,26,27,28)/t18-/m0/s1. The minimum absolute atomic E-state index is 0.115. The van der Waals surface area contributed by atoms with Crippen LogP contribution in [0.1, 0.15) is 43.7 Å². The molecule has 0 amide bonds. The lowest BCUT2D eigenvalue weighted by atomic mass is 9.69. The topological polar surface area (TPSA) is 103 Å².